The normalized spacial score (nSPS) is 18.3. The van der Waals surface area contributed by atoms with Crippen molar-refractivity contribution in [1.29, 1.82) is 0 Å². The Bertz CT molecular complexity index is 1050. The van der Waals surface area contributed by atoms with Gasteiger partial charge >= 0.3 is 7.12 Å². The molecule has 1 aliphatic rings. The lowest BCUT2D eigenvalue weighted by molar-refractivity contribution is -0.144. The smallest absolute Gasteiger partial charge is 0.426 e. The minimum absolute atomic E-state index is 0.0492. The lowest BCUT2D eigenvalue weighted by Gasteiger charge is -2.29. The molecule has 3 rings (SSSR count). The van der Waals surface area contributed by atoms with Crippen molar-refractivity contribution in [2.75, 3.05) is 6.54 Å². The summed E-state index contributed by atoms with van der Waals surface area (Å²) in [5.41, 5.74) is 0.0751. The van der Waals surface area contributed by atoms with E-state index in [1.54, 1.807) is 6.92 Å². The number of amides is 2. The van der Waals surface area contributed by atoms with Crippen molar-refractivity contribution in [1.82, 2.24) is 15.6 Å². The minimum Gasteiger partial charge on any atom is -0.426 e. The first kappa shape index (κ1) is 26.1. The number of aromatic nitrogens is 1. The van der Waals surface area contributed by atoms with Gasteiger partial charge in [-0.15, -0.1) is 11.3 Å². The monoisotopic (exact) mass is 506 g/mol. The molecule has 2 aromatic rings. The molecule has 1 aromatic carbocycles. The van der Waals surface area contributed by atoms with Gasteiger partial charge in [-0.05, 0) is 24.8 Å². The molecule has 2 heterocycles. The van der Waals surface area contributed by atoms with Gasteiger partial charge in [0.2, 0.25) is 5.60 Å². The number of carbonyl (C=O) groups excluding carboxylic acids is 2. The molecular formula is C22H28BClN4O5S. The Labute approximate surface area is 207 Å². The molecule has 34 heavy (non-hydrogen) atoms. The first-order valence-corrected chi connectivity index (χ1v) is 12.1. The number of thiazole rings is 1. The second-order valence-electron chi connectivity index (χ2n) is 8.74. The number of hydrogen-bond donors (Lipinski definition) is 4. The van der Waals surface area contributed by atoms with Gasteiger partial charge in [0.15, 0.2) is 5.69 Å². The van der Waals surface area contributed by atoms with E-state index in [1.165, 1.54) is 11.3 Å². The molecule has 0 spiro atoms. The molecule has 1 aliphatic heterocycles. The third kappa shape index (κ3) is 6.56. The number of nitrogens with one attached hydrogen (secondary N) is 2. The summed E-state index contributed by atoms with van der Waals surface area (Å²) in [4.78, 5) is 35.7. The molecule has 0 fully saturated rings. The van der Waals surface area contributed by atoms with E-state index in [0.717, 1.165) is 5.56 Å². The van der Waals surface area contributed by atoms with Gasteiger partial charge in [0.05, 0.1) is 23.2 Å². The standard InChI is InChI=1S/C22H28BClN4O5S/c1-13(2)9-17(23(31)32)27-21(30)22(10-15-7-5-4-6-8-15)11-16(28-33-22)12-25-20(29)18-19(24)34-14(3)26-18/h4-8,13,17,31-32H,9-12H2,1-3H3,(H,25,29)(H,27,30). The van der Waals surface area contributed by atoms with Crippen LogP contribution in [0.15, 0.2) is 35.5 Å². The van der Waals surface area contributed by atoms with Gasteiger partial charge in [-0.2, -0.15) is 0 Å². The summed E-state index contributed by atoms with van der Waals surface area (Å²) in [7, 11) is -1.72. The van der Waals surface area contributed by atoms with Crippen LogP contribution in [0.3, 0.4) is 0 Å². The number of halogens is 1. The molecule has 4 N–H and O–H groups in total. The summed E-state index contributed by atoms with van der Waals surface area (Å²) < 4.78 is 0.302. The van der Waals surface area contributed by atoms with Crippen molar-refractivity contribution < 1.29 is 24.5 Å². The number of rotatable bonds is 10. The fourth-order valence-corrected chi connectivity index (χ4v) is 4.83. The van der Waals surface area contributed by atoms with Crippen LogP contribution in [0.25, 0.3) is 0 Å². The maximum atomic E-state index is 13.4. The first-order valence-electron chi connectivity index (χ1n) is 11.0. The molecule has 0 aliphatic carbocycles. The second kappa shape index (κ2) is 11.3. The quantitative estimate of drug-likeness (QED) is 0.365. The van der Waals surface area contributed by atoms with Gasteiger partial charge in [-0.3, -0.25) is 9.59 Å². The Kier molecular flexibility index (Phi) is 8.70. The topological polar surface area (TPSA) is 133 Å². The molecule has 182 valence electrons. The average molecular weight is 507 g/mol. The van der Waals surface area contributed by atoms with Crippen LogP contribution in [0, 0.1) is 12.8 Å². The second-order valence-corrected chi connectivity index (χ2v) is 10.5. The minimum atomic E-state index is -1.72. The van der Waals surface area contributed by atoms with Crippen molar-refractivity contribution in [2.45, 2.75) is 51.6 Å². The number of aryl methyl sites for hydroxylation is 1. The van der Waals surface area contributed by atoms with E-state index in [4.69, 9.17) is 16.4 Å². The van der Waals surface area contributed by atoms with Crippen LogP contribution in [-0.2, 0) is 16.1 Å². The van der Waals surface area contributed by atoms with Gasteiger partial charge in [-0.1, -0.05) is 60.9 Å². The van der Waals surface area contributed by atoms with Crippen LogP contribution in [0.1, 0.15) is 47.7 Å². The number of benzene rings is 1. The predicted molar refractivity (Wildman–Crippen MR) is 132 cm³/mol. The highest BCUT2D eigenvalue weighted by molar-refractivity contribution is 7.16. The van der Waals surface area contributed by atoms with Crippen LogP contribution in [-0.4, -0.2) is 57.8 Å². The maximum Gasteiger partial charge on any atom is 0.475 e. The Morgan fingerprint density at radius 3 is 2.59 bits per heavy atom. The van der Waals surface area contributed by atoms with E-state index >= 15 is 0 Å². The van der Waals surface area contributed by atoms with Gasteiger partial charge in [0.1, 0.15) is 4.34 Å². The van der Waals surface area contributed by atoms with Gasteiger partial charge in [0.25, 0.3) is 11.8 Å². The fourth-order valence-electron chi connectivity index (χ4n) is 3.73. The van der Waals surface area contributed by atoms with E-state index in [2.05, 4.69) is 20.8 Å². The number of oxime groups is 1. The van der Waals surface area contributed by atoms with E-state index in [-0.39, 0.29) is 31.0 Å². The molecule has 0 radical (unpaired) electrons. The molecule has 2 atom stereocenters. The fraction of sp³-hybridized carbons (Fsp3) is 0.455. The Morgan fingerprint density at radius 2 is 2.00 bits per heavy atom. The van der Waals surface area contributed by atoms with Gasteiger partial charge < -0.3 is 25.5 Å². The third-order valence-electron chi connectivity index (χ3n) is 5.35. The van der Waals surface area contributed by atoms with Crippen molar-refractivity contribution in [3.05, 3.63) is 50.9 Å². The summed E-state index contributed by atoms with van der Waals surface area (Å²) in [6, 6.07) is 9.33. The van der Waals surface area contributed by atoms with Crippen LogP contribution >= 0.6 is 22.9 Å². The number of nitrogens with zero attached hydrogens (tertiary/aromatic N) is 2. The summed E-state index contributed by atoms with van der Waals surface area (Å²) in [6.45, 7) is 5.66. The Morgan fingerprint density at radius 1 is 1.29 bits per heavy atom. The van der Waals surface area contributed by atoms with Crippen LogP contribution in [0.4, 0.5) is 0 Å². The van der Waals surface area contributed by atoms with Crippen molar-refractivity contribution in [3.63, 3.8) is 0 Å². The van der Waals surface area contributed by atoms with E-state index in [0.29, 0.717) is 21.5 Å². The predicted octanol–water partition coefficient (Wildman–Crippen LogP) is 2.14. The molecule has 0 saturated heterocycles. The van der Waals surface area contributed by atoms with E-state index < -0.39 is 30.5 Å². The van der Waals surface area contributed by atoms with E-state index in [9.17, 15) is 19.6 Å². The largest absolute Gasteiger partial charge is 0.475 e. The Hall–Kier alpha value is -2.47. The maximum absolute atomic E-state index is 13.4. The number of hydrogen-bond acceptors (Lipinski definition) is 8. The lowest BCUT2D eigenvalue weighted by Crippen LogP contribution is -2.56. The highest BCUT2D eigenvalue weighted by Gasteiger charge is 2.48. The SMILES string of the molecule is Cc1nc(C(=O)NCC2=NOC(Cc3ccccc3)(C(=O)NC(CC(C)C)B(O)O)C2)c(Cl)s1. The van der Waals surface area contributed by atoms with Crippen LogP contribution in [0.2, 0.25) is 4.34 Å². The zero-order chi connectivity index (χ0) is 24.9. The molecule has 2 amide bonds. The molecule has 1 aromatic heterocycles. The van der Waals surface area contributed by atoms with Crippen molar-refractivity contribution >= 4 is 47.6 Å². The molecular weight excluding hydrogens is 479 g/mol. The summed E-state index contributed by atoms with van der Waals surface area (Å²) in [6.07, 6.45) is 0.712. The molecule has 0 saturated carbocycles. The van der Waals surface area contributed by atoms with Crippen LogP contribution < -0.4 is 10.6 Å². The zero-order valence-electron chi connectivity index (χ0n) is 19.2. The zero-order valence-corrected chi connectivity index (χ0v) is 20.8. The van der Waals surface area contributed by atoms with E-state index in [1.807, 2.05) is 44.2 Å². The van der Waals surface area contributed by atoms with Crippen LogP contribution in [0.5, 0.6) is 0 Å². The van der Waals surface area contributed by atoms with Gasteiger partial charge in [0, 0.05) is 12.8 Å². The molecule has 9 nitrogen and oxygen atoms in total. The van der Waals surface area contributed by atoms with Gasteiger partial charge in [-0.25, -0.2) is 4.98 Å². The highest BCUT2D eigenvalue weighted by Crippen LogP contribution is 2.30. The molecule has 0 bridgehead atoms. The molecule has 12 heteroatoms. The third-order valence-corrected chi connectivity index (χ3v) is 6.52. The van der Waals surface area contributed by atoms with Crippen molar-refractivity contribution in [2.24, 2.45) is 11.1 Å². The summed E-state index contributed by atoms with van der Waals surface area (Å²) >= 11 is 7.29. The Balaban J connectivity index is 1.73. The van der Waals surface area contributed by atoms with Crippen molar-refractivity contribution in [3.8, 4) is 0 Å². The molecule has 2 unspecified atom stereocenters. The summed E-state index contributed by atoms with van der Waals surface area (Å²) in [5, 5.41) is 29.7. The lowest BCUT2D eigenvalue weighted by atomic mass is 9.74. The summed E-state index contributed by atoms with van der Waals surface area (Å²) in [5.74, 6) is -1.67. The average Bonchev–Trinajstić information content (AvgIpc) is 3.35. The first-order chi connectivity index (χ1) is 16.1. The highest BCUT2D eigenvalue weighted by atomic mass is 35.5. The number of carbonyl (C=O) groups is 2.